The summed E-state index contributed by atoms with van der Waals surface area (Å²) in [7, 11) is -13.8. The minimum Gasteiger partial charge on any atom is -0.748 e. The number of carbonyl (C=O) groups is 1. The molecule has 1 aromatic rings. The van der Waals surface area contributed by atoms with Crippen molar-refractivity contribution in [2.45, 2.75) is 76.0 Å². The number of hydrogen-bond acceptors (Lipinski definition) is 15. The first kappa shape index (κ1) is 58.1. The zero-order chi connectivity index (χ0) is 45.9. The average molecular weight is 971 g/mol. The number of ether oxygens (including phenoxy) is 3. The summed E-state index contributed by atoms with van der Waals surface area (Å²) >= 11 is 0. The quantitative estimate of drug-likeness (QED) is 0.0435. The summed E-state index contributed by atoms with van der Waals surface area (Å²) in [6, 6.07) is 11.7. The molecule has 1 aliphatic carbocycles. The van der Waals surface area contributed by atoms with Crippen molar-refractivity contribution in [2.24, 2.45) is 0 Å². The molecule has 0 saturated carbocycles. The van der Waals surface area contributed by atoms with Gasteiger partial charge in [-0.3, -0.25) is 4.79 Å². The third-order valence-electron chi connectivity index (χ3n) is 10.4. The van der Waals surface area contributed by atoms with E-state index in [1.165, 1.54) is 18.2 Å². The molecule has 1 unspecified atom stereocenters. The van der Waals surface area contributed by atoms with Crippen molar-refractivity contribution in [3.05, 3.63) is 82.6 Å². The Bertz CT molecular complexity index is 2480. The maximum atomic E-state index is 12.2. The van der Waals surface area contributed by atoms with Crippen molar-refractivity contribution < 1.29 is 127 Å². The van der Waals surface area contributed by atoms with E-state index >= 15 is 0 Å². The average Bonchev–Trinajstić information content (AvgIpc) is 3.39. The molecule has 0 saturated heterocycles. The van der Waals surface area contributed by atoms with E-state index < -0.39 is 58.1 Å². The fourth-order valence-electron chi connectivity index (χ4n) is 7.38. The minimum absolute atomic E-state index is 0. The van der Waals surface area contributed by atoms with Crippen molar-refractivity contribution >= 4 is 48.1 Å². The Balaban J connectivity index is 0.00000704. The van der Waals surface area contributed by atoms with Gasteiger partial charge in [0, 0.05) is 52.9 Å². The molecule has 1 atom stereocenters. The van der Waals surface area contributed by atoms with Crippen LogP contribution in [0, 0.1) is 0 Å². The van der Waals surface area contributed by atoms with E-state index in [1.807, 2.05) is 40.7 Å². The van der Waals surface area contributed by atoms with Gasteiger partial charge in [0.15, 0.2) is 0 Å². The zero-order valence-electron chi connectivity index (χ0n) is 37.7. The molecule has 2 heterocycles. The standard InChI is InChI=1S/C42H58N2O15S3.2Na/c1-6-43(18-9-27-61(50,51)52)31-12-14-34-35(41(2,3)4)29-32(59-38(34)28-31)10-7-11-39-42(5,17-8-26-60(47,48)49)36-30-33(62(53,54)55)13-15-37(36)44(39)19-21-57-23-25-58-24-22-56-20-16-40(45)46;;/h7,10-15,28-30H,6,8-9,16-27H2,1-5H3,(H3-,45,46,47,48,49,50,51,52,53,54,55);;/q;2*+1/p-2. The first-order valence-corrected chi connectivity index (χ1v) is 24.7. The third-order valence-corrected chi connectivity index (χ3v) is 12.8. The predicted molar refractivity (Wildman–Crippen MR) is 229 cm³/mol. The molecule has 0 fully saturated rings. The molecule has 3 aliphatic rings. The molecule has 22 heteroatoms. The Hall–Kier alpha value is -1.99. The Morgan fingerprint density at radius 1 is 0.859 bits per heavy atom. The summed E-state index contributed by atoms with van der Waals surface area (Å²) in [5.41, 5.74) is 2.08. The summed E-state index contributed by atoms with van der Waals surface area (Å²) in [5, 5.41) is 9.49. The van der Waals surface area contributed by atoms with Crippen molar-refractivity contribution in [3.8, 4) is 11.3 Å². The minimum atomic E-state index is -4.88. The Labute approximate surface area is 421 Å². The van der Waals surface area contributed by atoms with Gasteiger partial charge in [0.25, 0.3) is 0 Å². The van der Waals surface area contributed by atoms with Gasteiger partial charge in [0.2, 0.25) is 5.36 Å². The van der Waals surface area contributed by atoms with Gasteiger partial charge in [0.05, 0.1) is 77.3 Å². The van der Waals surface area contributed by atoms with Crippen LogP contribution in [0.2, 0.25) is 0 Å². The van der Waals surface area contributed by atoms with Gasteiger partial charge in [-0.25, -0.2) is 29.8 Å². The summed E-state index contributed by atoms with van der Waals surface area (Å²) in [6.07, 6.45) is 5.39. The molecule has 0 amide bonds. The van der Waals surface area contributed by atoms with Gasteiger partial charge >= 0.3 is 65.1 Å². The third kappa shape index (κ3) is 17.6. The van der Waals surface area contributed by atoms with E-state index in [9.17, 15) is 43.7 Å². The first-order valence-electron chi connectivity index (χ1n) is 20.2. The number of carboxylic acids is 1. The molecule has 0 bridgehead atoms. The monoisotopic (exact) mass is 970 g/mol. The molecule has 0 radical (unpaired) electrons. The fourth-order valence-corrected chi connectivity index (χ4v) is 8.86. The van der Waals surface area contributed by atoms with E-state index in [0.29, 0.717) is 41.6 Å². The van der Waals surface area contributed by atoms with Gasteiger partial charge < -0.3 is 42.3 Å². The molecule has 1 aromatic carbocycles. The van der Waals surface area contributed by atoms with Gasteiger partial charge in [0.1, 0.15) is 34.7 Å². The number of allylic oxidation sites excluding steroid dienone is 3. The predicted octanol–water partition coefficient (Wildman–Crippen LogP) is -2.15. The molecule has 1 N–H and O–H groups in total. The fraction of sp³-hybridized carbons (Fsp3) is 0.524. The Morgan fingerprint density at radius 2 is 1.47 bits per heavy atom. The largest absolute Gasteiger partial charge is 1.00 e. The van der Waals surface area contributed by atoms with Crippen LogP contribution in [0.3, 0.4) is 0 Å². The zero-order valence-corrected chi connectivity index (χ0v) is 44.1. The molecule has 4 rings (SSSR count). The number of fused-ring (bicyclic) bond motifs is 2. The molecule has 64 heavy (non-hydrogen) atoms. The summed E-state index contributed by atoms with van der Waals surface area (Å²) in [6.45, 7) is 12.2. The number of nitrogens with zero attached hydrogens (tertiary/aromatic N) is 2. The second kappa shape index (κ2) is 25.4. The van der Waals surface area contributed by atoms with Crippen LogP contribution in [0.4, 0.5) is 5.69 Å². The molecular formula is C42H56N2Na2O15S3. The molecule has 0 aromatic heterocycles. The summed E-state index contributed by atoms with van der Waals surface area (Å²) < 4.78 is 130. The maximum absolute atomic E-state index is 12.2. The molecule has 17 nitrogen and oxygen atoms in total. The number of hydrogen-bond donors (Lipinski definition) is 1. The number of rotatable bonds is 24. The Kier molecular flexibility index (Phi) is 23.1. The van der Waals surface area contributed by atoms with Crippen molar-refractivity contribution in [1.82, 2.24) is 4.58 Å². The number of carboxylic acid groups (broad SMARTS) is 1. The second-order valence-corrected chi connectivity index (χ2v) is 20.5. The second-order valence-electron chi connectivity index (χ2n) is 16.1. The van der Waals surface area contributed by atoms with Crippen LogP contribution < -0.4 is 73.9 Å². The summed E-state index contributed by atoms with van der Waals surface area (Å²) in [5.74, 6) is -1.05. The SMILES string of the molecule is CC[N+](CCCS(=O)(=O)[O-])=c1ccc2c(C(C)(C)C)cc(/C=C/C=C3/N(CCOCCOCCOCCC(=O)O)c4ccc(S(=O)(=O)[O-])cc4C3(C)CCCS(=O)(=O)[O-])oc-2c1.[Na+].[Na+]. The molecule has 2 aliphatic heterocycles. The smallest absolute Gasteiger partial charge is 0.748 e. The van der Waals surface area contributed by atoms with Gasteiger partial charge in [-0.05, 0) is 85.7 Å². The van der Waals surface area contributed by atoms with E-state index in [-0.39, 0.29) is 136 Å². The van der Waals surface area contributed by atoms with Crippen LogP contribution in [0.5, 0.6) is 0 Å². The van der Waals surface area contributed by atoms with E-state index in [0.717, 1.165) is 16.5 Å². The van der Waals surface area contributed by atoms with Crippen LogP contribution in [0.1, 0.15) is 77.2 Å². The van der Waals surface area contributed by atoms with E-state index in [4.69, 9.17) is 23.7 Å². The molecular weight excluding hydrogens is 915 g/mol. The number of anilines is 1. The van der Waals surface area contributed by atoms with E-state index in [1.54, 1.807) is 25.2 Å². The topological polar surface area (TPSA) is 256 Å². The maximum Gasteiger partial charge on any atom is 1.00 e. The van der Waals surface area contributed by atoms with Crippen LogP contribution in [-0.2, 0) is 60.2 Å². The van der Waals surface area contributed by atoms with Gasteiger partial charge in [-0.15, -0.1) is 0 Å². The molecule has 0 spiro atoms. The van der Waals surface area contributed by atoms with Gasteiger partial charge in [-0.1, -0.05) is 26.8 Å². The van der Waals surface area contributed by atoms with Crippen LogP contribution in [-0.4, -0.2) is 121 Å². The Morgan fingerprint density at radius 3 is 2.05 bits per heavy atom. The summed E-state index contributed by atoms with van der Waals surface area (Å²) in [4.78, 5) is 12.1. The molecule has 344 valence electrons. The van der Waals surface area contributed by atoms with Crippen molar-refractivity contribution in [2.75, 3.05) is 75.7 Å². The van der Waals surface area contributed by atoms with Crippen molar-refractivity contribution in [1.29, 1.82) is 0 Å². The van der Waals surface area contributed by atoms with Crippen molar-refractivity contribution in [3.63, 3.8) is 0 Å². The number of benzene rings is 2. The van der Waals surface area contributed by atoms with E-state index in [2.05, 4.69) is 20.8 Å². The normalized spacial score (nSPS) is 16.8. The van der Waals surface area contributed by atoms with Gasteiger partial charge in [-0.2, -0.15) is 0 Å². The first-order chi connectivity index (χ1) is 28.9. The van der Waals surface area contributed by atoms with Crippen LogP contribution in [0.15, 0.2) is 69.6 Å². The van der Waals surface area contributed by atoms with Crippen LogP contribution in [0.25, 0.3) is 17.4 Å². The number of aliphatic carboxylic acids is 1. The van der Waals surface area contributed by atoms with Crippen LogP contribution >= 0.6 is 0 Å².